The Morgan fingerprint density at radius 1 is 1.25 bits per heavy atom. The molecular formula is C14H12Br2Cl2N2. The molecule has 106 valence electrons. The predicted octanol–water partition coefficient (Wildman–Crippen LogP) is 5.76. The predicted molar refractivity (Wildman–Crippen MR) is 91.4 cm³/mol. The molecule has 20 heavy (non-hydrogen) atoms. The molecule has 1 N–H and O–H groups in total. The first-order chi connectivity index (χ1) is 9.47. The molecule has 1 heterocycles. The molecule has 2 nitrogen and oxygen atoms in total. The Labute approximate surface area is 145 Å². The van der Waals surface area contributed by atoms with E-state index in [1.165, 1.54) is 0 Å². The maximum atomic E-state index is 6.20. The zero-order valence-corrected chi connectivity index (χ0v) is 15.3. The van der Waals surface area contributed by atoms with Crippen LogP contribution in [0.15, 0.2) is 39.4 Å². The van der Waals surface area contributed by atoms with Crippen LogP contribution in [0.25, 0.3) is 0 Å². The van der Waals surface area contributed by atoms with Crippen LogP contribution in [-0.2, 0) is 6.54 Å². The molecule has 0 saturated carbocycles. The molecule has 1 unspecified atom stereocenters. The lowest BCUT2D eigenvalue weighted by Gasteiger charge is -2.16. The number of hydrogen-bond acceptors (Lipinski definition) is 2. The average Bonchev–Trinajstić information content (AvgIpc) is 2.37. The summed E-state index contributed by atoms with van der Waals surface area (Å²) in [5.74, 6) is 0. The lowest BCUT2D eigenvalue weighted by Crippen LogP contribution is -2.19. The van der Waals surface area contributed by atoms with Gasteiger partial charge >= 0.3 is 0 Å². The van der Waals surface area contributed by atoms with Crippen molar-refractivity contribution in [1.82, 2.24) is 10.3 Å². The molecule has 0 aliphatic heterocycles. The number of pyridine rings is 1. The second kappa shape index (κ2) is 7.23. The third-order valence-corrected chi connectivity index (χ3v) is 4.57. The minimum absolute atomic E-state index is 0.108. The van der Waals surface area contributed by atoms with Crippen molar-refractivity contribution in [2.45, 2.75) is 19.5 Å². The summed E-state index contributed by atoms with van der Waals surface area (Å²) < 4.78 is 1.91. The molecule has 0 fully saturated rings. The van der Waals surface area contributed by atoms with Gasteiger partial charge in [0.25, 0.3) is 0 Å². The van der Waals surface area contributed by atoms with E-state index in [4.69, 9.17) is 23.2 Å². The Morgan fingerprint density at radius 2 is 2.00 bits per heavy atom. The van der Waals surface area contributed by atoms with Crippen molar-refractivity contribution in [2.75, 3.05) is 0 Å². The van der Waals surface area contributed by atoms with Crippen LogP contribution in [0.4, 0.5) is 0 Å². The standard InChI is InChI=1S/C14H12Br2Cl2N2/c1-8(11-3-2-10(17)5-13(11)18)19-7-14-12(16)4-9(15)6-20-14/h2-6,8,19H,7H2,1H3. The summed E-state index contributed by atoms with van der Waals surface area (Å²) in [5.41, 5.74) is 1.97. The third-order valence-electron chi connectivity index (χ3n) is 2.89. The van der Waals surface area contributed by atoms with Crippen molar-refractivity contribution < 1.29 is 0 Å². The summed E-state index contributed by atoms with van der Waals surface area (Å²) >= 11 is 19.0. The van der Waals surface area contributed by atoms with E-state index in [1.54, 1.807) is 12.3 Å². The van der Waals surface area contributed by atoms with E-state index in [2.05, 4.69) is 49.1 Å². The fraction of sp³-hybridized carbons (Fsp3) is 0.214. The van der Waals surface area contributed by atoms with Crippen molar-refractivity contribution in [2.24, 2.45) is 0 Å². The summed E-state index contributed by atoms with van der Waals surface area (Å²) in [6, 6.07) is 7.62. The zero-order valence-electron chi connectivity index (χ0n) is 10.6. The van der Waals surface area contributed by atoms with Gasteiger partial charge in [0.1, 0.15) is 0 Å². The summed E-state index contributed by atoms with van der Waals surface area (Å²) in [7, 11) is 0. The van der Waals surface area contributed by atoms with Gasteiger partial charge in [0.15, 0.2) is 0 Å². The van der Waals surface area contributed by atoms with Crippen molar-refractivity contribution in [3.05, 3.63) is 60.7 Å². The second-order valence-electron chi connectivity index (χ2n) is 4.35. The molecule has 1 aromatic heterocycles. The van der Waals surface area contributed by atoms with Gasteiger partial charge in [-0.15, -0.1) is 0 Å². The van der Waals surface area contributed by atoms with Gasteiger partial charge < -0.3 is 5.32 Å². The first kappa shape index (κ1) is 16.2. The first-order valence-electron chi connectivity index (χ1n) is 5.95. The van der Waals surface area contributed by atoms with Gasteiger partial charge in [0.2, 0.25) is 0 Å². The Bertz CT molecular complexity index is 620. The highest BCUT2D eigenvalue weighted by atomic mass is 79.9. The molecule has 0 bridgehead atoms. The number of halogens is 4. The first-order valence-corrected chi connectivity index (χ1v) is 8.30. The maximum Gasteiger partial charge on any atom is 0.0684 e. The molecule has 0 radical (unpaired) electrons. The molecule has 1 atom stereocenters. The number of aromatic nitrogens is 1. The molecule has 2 rings (SSSR count). The van der Waals surface area contributed by atoms with Gasteiger partial charge in [-0.1, -0.05) is 29.3 Å². The number of hydrogen-bond donors (Lipinski definition) is 1. The quantitative estimate of drug-likeness (QED) is 0.656. The normalized spacial score (nSPS) is 12.4. The van der Waals surface area contributed by atoms with E-state index in [0.717, 1.165) is 20.2 Å². The van der Waals surface area contributed by atoms with E-state index >= 15 is 0 Å². The highest BCUT2D eigenvalue weighted by Gasteiger charge is 2.11. The fourth-order valence-corrected chi connectivity index (χ4v) is 3.49. The van der Waals surface area contributed by atoms with Crippen LogP contribution in [0.2, 0.25) is 10.0 Å². The summed E-state index contributed by atoms with van der Waals surface area (Å²) in [6.07, 6.45) is 1.78. The van der Waals surface area contributed by atoms with Gasteiger partial charge in [-0.2, -0.15) is 0 Å². The smallest absolute Gasteiger partial charge is 0.0684 e. The third kappa shape index (κ3) is 4.18. The Balaban J connectivity index is 2.06. The Hall–Kier alpha value is -0.130. The van der Waals surface area contributed by atoms with Crippen molar-refractivity contribution in [3.8, 4) is 0 Å². The molecule has 1 aromatic carbocycles. The van der Waals surface area contributed by atoms with Gasteiger partial charge in [0.05, 0.1) is 5.69 Å². The number of nitrogens with one attached hydrogen (secondary N) is 1. The average molecular weight is 439 g/mol. The van der Waals surface area contributed by atoms with Crippen molar-refractivity contribution in [1.29, 1.82) is 0 Å². The van der Waals surface area contributed by atoms with Crippen LogP contribution >= 0.6 is 55.1 Å². The molecule has 6 heteroatoms. The summed E-state index contributed by atoms with van der Waals surface area (Å²) in [6.45, 7) is 2.70. The van der Waals surface area contributed by atoms with Crippen molar-refractivity contribution >= 4 is 55.1 Å². The number of nitrogens with zero attached hydrogens (tertiary/aromatic N) is 1. The molecule has 0 amide bonds. The van der Waals surface area contributed by atoms with E-state index in [0.29, 0.717) is 16.6 Å². The fourth-order valence-electron chi connectivity index (χ4n) is 1.79. The van der Waals surface area contributed by atoms with Crippen LogP contribution in [0, 0.1) is 0 Å². The summed E-state index contributed by atoms with van der Waals surface area (Å²) in [4.78, 5) is 4.37. The maximum absolute atomic E-state index is 6.20. The molecule has 2 aromatic rings. The van der Waals surface area contributed by atoms with Gasteiger partial charge in [-0.25, -0.2) is 0 Å². The monoisotopic (exact) mass is 436 g/mol. The highest BCUT2D eigenvalue weighted by molar-refractivity contribution is 9.11. The van der Waals surface area contributed by atoms with Crippen molar-refractivity contribution in [3.63, 3.8) is 0 Å². The lowest BCUT2D eigenvalue weighted by atomic mass is 10.1. The van der Waals surface area contributed by atoms with Crippen LogP contribution in [-0.4, -0.2) is 4.98 Å². The van der Waals surface area contributed by atoms with Crippen LogP contribution in [0.5, 0.6) is 0 Å². The van der Waals surface area contributed by atoms with Gasteiger partial charge in [-0.05, 0) is 62.5 Å². The summed E-state index contributed by atoms with van der Waals surface area (Å²) in [5, 5.41) is 4.71. The van der Waals surface area contributed by atoms with Crippen LogP contribution in [0.3, 0.4) is 0 Å². The zero-order chi connectivity index (χ0) is 14.7. The Morgan fingerprint density at radius 3 is 2.65 bits per heavy atom. The molecule has 0 saturated heterocycles. The van der Waals surface area contributed by atoms with E-state index in [9.17, 15) is 0 Å². The second-order valence-corrected chi connectivity index (χ2v) is 6.96. The highest BCUT2D eigenvalue weighted by Crippen LogP contribution is 2.27. The van der Waals surface area contributed by atoms with E-state index in [1.807, 2.05) is 18.2 Å². The minimum Gasteiger partial charge on any atom is -0.304 e. The largest absolute Gasteiger partial charge is 0.304 e. The van der Waals surface area contributed by atoms with Gasteiger partial charge in [-0.3, -0.25) is 4.98 Å². The van der Waals surface area contributed by atoms with Crippen LogP contribution < -0.4 is 5.32 Å². The molecule has 0 aliphatic carbocycles. The molecule has 0 spiro atoms. The number of benzene rings is 1. The SMILES string of the molecule is CC(NCc1ncc(Br)cc1Br)c1ccc(Cl)cc1Cl. The van der Waals surface area contributed by atoms with Crippen LogP contribution in [0.1, 0.15) is 24.2 Å². The minimum atomic E-state index is 0.108. The van der Waals surface area contributed by atoms with Gasteiger partial charge in [0, 0.05) is 37.8 Å². The van der Waals surface area contributed by atoms with E-state index < -0.39 is 0 Å². The lowest BCUT2D eigenvalue weighted by molar-refractivity contribution is 0.566. The molecular weight excluding hydrogens is 427 g/mol. The molecule has 0 aliphatic rings. The Kier molecular flexibility index (Phi) is 5.87. The topological polar surface area (TPSA) is 24.9 Å². The van der Waals surface area contributed by atoms with E-state index in [-0.39, 0.29) is 6.04 Å². The number of rotatable bonds is 4.